The van der Waals surface area contributed by atoms with Crippen molar-refractivity contribution in [3.63, 3.8) is 0 Å². The number of carbonyl (C=O) groups is 1. The topological polar surface area (TPSA) is 46.9 Å². The van der Waals surface area contributed by atoms with Crippen LogP contribution in [0.3, 0.4) is 0 Å². The maximum Gasteiger partial charge on any atom is 0.243 e. The first-order valence-corrected chi connectivity index (χ1v) is 5.79. The predicted molar refractivity (Wildman–Crippen MR) is 55.3 cm³/mol. The van der Waals surface area contributed by atoms with E-state index in [1.807, 2.05) is 30.9 Å². The Morgan fingerprint density at radius 3 is 2.93 bits per heavy atom. The molecule has 2 unspecified atom stereocenters. The molecule has 0 bridgehead atoms. The van der Waals surface area contributed by atoms with E-state index in [1.54, 1.807) is 11.8 Å². The van der Waals surface area contributed by atoms with E-state index in [1.165, 1.54) is 0 Å². The molecule has 1 aromatic rings. The lowest BCUT2D eigenvalue weighted by molar-refractivity contribution is -0.125. The molecule has 2 rings (SSSR count). The maximum absolute atomic E-state index is 11.5. The molecule has 0 spiro atoms. The number of rotatable bonds is 1. The Bertz CT molecular complexity index is 374. The third kappa shape index (κ3) is 1.32. The summed E-state index contributed by atoms with van der Waals surface area (Å²) in [7, 11) is 0. The number of aromatic nitrogens is 2. The van der Waals surface area contributed by atoms with Gasteiger partial charge in [-0.3, -0.25) is 4.79 Å². The summed E-state index contributed by atoms with van der Waals surface area (Å²) >= 11 is 1.60. The van der Waals surface area contributed by atoms with Gasteiger partial charge in [-0.25, -0.2) is 4.98 Å². The standard InChI is InChI=1S/C9H13N3OS/c1-5-8-11-7(14-3)4-12(8)6(2)9(13)10-5/h4-6H,1-3H3,(H,10,13). The SMILES string of the molecule is CSc1cn2c(n1)C(C)NC(=O)C2C. The van der Waals surface area contributed by atoms with Crippen molar-refractivity contribution in [2.45, 2.75) is 31.0 Å². The second-order valence-electron chi connectivity index (χ2n) is 3.45. The number of imidazole rings is 1. The summed E-state index contributed by atoms with van der Waals surface area (Å²) < 4.78 is 1.95. The Hall–Kier alpha value is -0.970. The molecular formula is C9H13N3OS. The van der Waals surface area contributed by atoms with Crippen LogP contribution in [0.25, 0.3) is 0 Å². The molecule has 1 aromatic heterocycles. The second kappa shape index (κ2) is 3.31. The zero-order valence-corrected chi connectivity index (χ0v) is 9.26. The highest BCUT2D eigenvalue weighted by atomic mass is 32.2. The molecule has 1 aliphatic heterocycles. The molecule has 14 heavy (non-hydrogen) atoms. The van der Waals surface area contributed by atoms with Gasteiger partial charge in [0.05, 0.1) is 6.04 Å². The molecule has 1 amide bonds. The molecule has 4 nitrogen and oxygen atoms in total. The van der Waals surface area contributed by atoms with Gasteiger partial charge in [0.2, 0.25) is 5.91 Å². The Morgan fingerprint density at radius 1 is 1.57 bits per heavy atom. The van der Waals surface area contributed by atoms with E-state index in [0.29, 0.717) is 0 Å². The van der Waals surface area contributed by atoms with Gasteiger partial charge in [0, 0.05) is 6.20 Å². The lowest BCUT2D eigenvalue weighted by atomic mass is 10.2. The smallest absolute Gasteiger partial charge is 0.243 e. The average molecular weight is 211 g/mol. The van der Waals surface area contributed by atoms with Gasteiger partial charge in [-0.2, -0.15) is 0 Å². The van der Waals surface area contributed by atoms with Crippen molar-refractivity contribution in [1.82, 2.24) is 14.9 Å². The van der Waals surface area contributed by atoms with Crippen LogP contribution in [-0.2, 0) is 4.79 Å². The van der Waals surface area contributed by atoms with Gasteiger partial charge in [0.15, 0.2) is 0 Å². The predicted octanol–water partition coefficient (Wildman–Crippen LogP) is 1.36. The lowest BCUT2D eigenvalue weighted by Gasteiger charge is -2.26. The largest absolute Gasteiger partial charge is 0.345 e. The van der Waals surface area contributed by atoms with Crippen molar-refractivity contribution in [3.8, 4) is 0 Å². The molecule has 0 aliphatic carbocycles. The van der Waals surface area contributed by atoms with Crippen LogP contribution in [0.1, 0.15) is 31.8 Å². The number of nitrogens with one attached hydrogen (secondary N) is 1. The summed E-state index contributed by atoms with van der Waals surface area (Å²) in [6, 6.07) is -0.130. The highest BCUT2D eigenvalue weighted by Crippen LogP contribution is 2.26. The summed E-state index contributed by atoms with van der Waals surface area (Å²) in [5.41, 5.74) is 0. The van der Waals surface area contributed by atoms with Crippen LogP contribution < -0.4 is 5.32 Å². The summed E-state index contributed by atoms with van der Waals surface area (Å²) in [6.45, 7) is 3.84. The zero-order valence-electron chi connectivity index (χ0n) is 8.44. The van der Waals surface area contributed by atoms with Gasteiger partial charge in [0.1, 0.15) is 16.9 Å². The van der Waals surface area contributed by atoms with Gasteiger partial charge >= 0.3 is 0 Å². The molecule has 0 radical (unpaired) electrons. The van der Waals surface area contributed by atoms with Gasteiger partial charge in [-0.15, -0.1) is 11.8 Å². The van der Waals surface area contributed by atoms with Crippen LogP contribution in [0.2, 0.25) is 0 Å². The van der Waals surface area contributed by atoms with Crippen LogP contribution in [0, 0.1) is 0 Å². The average Bonchev–Trinajstić information content (AvgIpc) is 2.58. The van der Waals surface area contributed by atoms with Crippen molar-refractivity contribution in [2.24, 2.45) is 0 Å². The normalized spacial score (nSPS) is 25.8. The van der Waals surface area contributed by atoms with Crippen molar-refractivity contribution in [1.29, 1.82) is 0 Å². The molecule has 0 saturated carbocycles. The molecule has 1 aliphatic rings. The Morgan fingerprint density at radius 2 is 2.29 bits per heavy atom. The van der Waals surface area contributed by atoms with Crippen LogP contribution in [0.15, 0.2) is 11.2 Å². The highest BCUT2D eigenvalue weighted by Gasteiger charge is 2.29. The number of hydrogen-bond acceptors (Lipinski definition) is 3. The van der Waals surface area contributed by atoms with E-state index >= 15 is 0 Å². The minimum absolute atomic E-state index is 0.0135. The van der Waals surface area contributed by atoms with Gasteiger partial charge in [-0.05, 0) is 20.1 Å². The third-order valence-corrected chi connectivity index (χ3v) is 3.11. The molecule has 0 saturated heterocycles. The monoisotopic (exact) mass is 211 g/mol. The summed E-state index contributed by atoms with van der Waals surface area (Å²) in [5.74, 6) is 1.01. The first kappa shape index (κ1) is 9.58. The fraction of sp³-hybridized carbons (Fsp3) is 0.556. The minimum Gasteiger partial charge on any atom is -0.345 e. The number of thioether (sulfide) groups is 1. The fourth-order valence-electron chi connectivity index (χ4n) is 1.64. The van der Waals surface area contributed by atoms with Gasteiger partial charge in [-0.1, -0.05) is 0 Å². The molecule has 2 atom stereocenters. The zero-order chi connectivity index (χ0) is 10.3. The van der Waals surface area contributed by atoms with Gasteiger partial charge < -0.3 is 9.88 Å². The molecule has 1 N–H and O–H groups in total. The molecule has 0 fully saturated rings. The first-order valence-electron chi connectivity index (χ1n) is 4.56. The maximum atomic E-state index is 11.5. The minimum atomic E-state index is -0.144. The molecular weight excluding hydrogens is 198 g/mol. The number of nitrogens with zero attached hydrogens (tertiary/aromatic N) is 2. The summed E-state index contributed by atoms with van der Waals surface area (Å²) in [6.07, 6.45) is 3.93. The second-order valence-corrected chi connectivity index (χ2v) is 4.28. The quantitative estimate of drug-likeness (QED) is 0.713. The highest BCUT2D eigenvalue weighted by molar-refractivity contribution is 7.98. The van der Waals surface area contributed by atoms with E-state index in [2.05, 4.69) is 10.3 Å². The number of hydrogen-bond donors (Lipinski definition) is 1. The van der Waals surface area contributed by atoms with Crippen molar-refractivity contribution < 1.29 is 4.79 Å². The Balaban J connectivity index is 2.47. The van der Waals surface area contributed by atoms with Crippen molar-refractivity contribution >= 4 is 17.7 Å². The van der Waals surface area contributed by atoms with Crippen molar-refractivity contribution in [2.75, 3.05) is 6.26 Å². The summed E-state index contributed by atoms with van der Waals surface area (Å²) in [4.78, 5) is 15.9. The number of carbonyl (C=O) groups excluding carboxylic acids is 1. The summed E-state index contributed by atoms with van der Waals surface area (Å²) in [5, 5.41) is 3.86. The Labute approximate surface area is 87.1 Å². The lowest BCUT2D eigenvalue weighted by Crippen LogP contribution is -2.39. The van der Waals surface area contributed by atoms with Crippen LogP contribution in [0.4, 0.5) is 0 Å². The fourth-order valence-corrected chi connectivity index (χ4v) is 2.04. The van der Waals surface area contributed by atoms with Crippen LogP contribution >= 0.6 is 11.8 Å². The molecule has 76 valence electrons. The van der Waals surface area contributed by atoms with E-state index in [-0.39, 0.29) is 18.0 Å². The van der Waals surface area contributed by atoms with Crippen molar-refractivity contribution in [3.05, 3.63) is 12.0 Å². The third-order valence-electron chi connectivity index (χ3n) is 2.49. The van der Waals surface area contributed by atoms with Crippen LogP contribution in [0.5, 0.6) is 0 Å². The van der Waals surface area contributed by atoms with E-state index in [9.17, 15) is 4.79 Å². The van der Waals surface area contributed by atoms with Crippen LogP contribution in [-0.4, -0.2) is 21.7 Å². The van der Waals surface area contributed by atoms with E-state index < -0.39 is 0 Å². The van der Waals surface area contributed by atoms with E-state index in [4.69, 9.17) is 0 Å². The van der Waals surface area contributed by atoms with E-state index in [0.717, 1.165) is 10.9 Å². The Kier molecular flexibility index (Phi) is 2.26. The molecule has 2 heterocycles. The number of fused-ring (bicyclic) bond motifs is 1. The molecule has 5 heteroatoms. The van der Waals surface area contributed by atoms with Gasteiger partial charge in [0.25, 0.3) is 0 Å². The number of amides is 1. The molecule has 0 aromatic carbocycles. The first-order chi connectivity index (χ1) is 6.63.